The summed E-state index contributed by atoms with van der Waals surface area (Å²) in [6.07, 6.45) is 0. The van der Waals surface area contributed by atoms with E-state index in [1.807, 2.05) is 52.0 Å². The number of hydrogen-bond acceptors (Lipinski definition) is 5. The lowest BCUT2D eigenvalue weighted by Gasteiger charge is -2.32. The summed E-state index contributed by atoms with van der Waals surface area (Å²) >= 11 is 3.36. The van der Waals surface area contributed by atoms with E-state index >= 15 is 0 Å². The zero-order valence-corrected chi connectivity index (χ0v) is 26.8. The number of amides is 2. The normalized spacial score (nSPS) is 12.1. The highest BCUT2D eigenvalue weighted by Crippen LogP contribution is 2.31. The smallest absolute Gasteiger partial charge is 0.264 e. The Bertz CT molecular complexity index is 1480. The lowest BCUT2D eigenvalue weighted by molar-refractivity contribution is -0.139. The van der Waals surface area contributed by atoms with Crippen molar-refractivity contribution < 1.29 is 22.7 Å². The molecule has 0 saturated heterocycles. The van der Waals surface area contributed by atoms with Crippen molar-refractivity contribution in [1.29, 1.82) is 0 Å². The fraction of sp³-hybridized carbons (Fsp3) is 0.355. The van der Waals surface area contributed by atoms with Gasteiger partial charge in [0.2, 0.25) is 11.8 Å². The molecule has 0 saturated carbocycles. The van der Waals surface area contributed by atoms with Crippen LogP contribution in [0, 0.1) is 19.8 Å². The molecule has 0 radical (unpaired) electrons. The number of carbonyl (C=O) groups excluding carboxylic acids is 2. The van der Waals surface area contributed by atoms with Crippen LogP contribution in [0.3, 0.4) is 0 Å². The molecule has 1 N–H and O–H groups in total. The minimum absolute atomic E-state index is 0.00786. The van der Waals surface area contributed by atoms with Gasteiger partial charge in [-0.25, -0.2) is 8.42 Å². The first-order valence-electron chi connectivity index (χ1n) is 13.4. The SMILES string of the molecule is COc1ccc(S(=O)(=O)N(CC(=O)N(Cc2cccc(C)c2)[C@H](C)C(=O)NCC(C)C)c2ccc(C)cc2)cc1Br. The standard InChI is InChI=1S/C31H38BrN3O5S/c1-21(2)18-33-31(37)24(5)34(19-25-9-7-8-23(4)16-25)30(36)20-35(26-12-10-22(3)11-13-26)41(38,39)27-14-15-29(40-6)28(32)17-27/h7-17,21,24H,18-20H2,1-6H3,(H,33,37)/t24-/m1/s1. The Balaban J connectivity index is 2.04. The van der Waals surface area contributed by atoms with Gasteiger partial charge in [-0.15, -0.1) is 0 Å². The molecule has 0 fully saturated rings. The summed E-state index contributed by atoms with van der Waals surface area (Å²) < 4.78 is 34.9. The van der Waals surface area contributed by atoms with Gasteiger partial charge in [0.05, 0.1) is 22.2 Å². The van der Waals surface area contributed by atoms with Crippen LogP contribution < -0.4 is 14.4 Å². The van der Waals surface area contributed by atoms with Crippen LogP contribution in [-0.4, -0.2) is 51.4 Å². The second-order valence-corrected chi connectivity index (χ2v) is 13.2. The summed E-state index contributed by atoms with van der Waals surface area (Å²) in [6.45, 7) is 9.60. The van der Waals surface area contributed by atoms with Crippen molar-refractivity contribution in [3.8, 4) is 5.75 Å². The first-order valence-corrected chi connectivity index (χ1v) is 15.6. The van der Waals surface area contributed by atoms with Crippen LogP contribution in [0.25, 0.3) is 0 Å². The van der Waals surface area contributed by atoms with Crippen LogP contribution in [0.2, 0.25) is 0 Å². The van der Waals surface area contributed by atoms with E-state index in [-0.39, 0.29) is 23.3 Å². The van der Waals surface area contributed by atoms with E-state index in [0.717, 1.165) is 21.0 Å². The van der Waals surface area contributed by atoms with Gasteiger partial charge in [0.1, 0.15) is 18.3 Å². The molecular weight excluding hydrogens is 606 g/mol. The number of halogens is 1. The summed E-state index contributed by atoms with van der Waals surface area (Å²) in [7, 11) is -2.70. The molecule has 220 valence electrons. The average molecular weight is 645 g/mol. The molecule has 3 aromatic rings. The molecule has 2 amide bonds. The van der Waals surface area contributed by atoms with Crippen LogP contribution >= 0.6 is 15.9 Å². The second kappa shape index (κ2) is 14.0. The van der Waals surface area contributed by atoms with Gasteiger partial charge >= 0.3 is 0 Å². The van der Waals surface area contributed by atoms with Crippen molar-refractivity contribution in [3.05, 3.63) is 87.9 Å². The van der Waals surface area contributed by atoms with Crippen LogP contribution in [0.5, 0.6) is 5.75 Å². The monoisotopic (exact) mass is 643 g/mol. The second-order valence-electron chi connectivity index (χ2n) is 10.5. The molecular formula is C31H38BrN3O5S. The summed E-state index contributed by atoms with van der Waals surface area (Å²) in [5.41, 5.74) is 3.14. The van der Waals surface area contributed by atoms with Crippen molar-refractivity contribution >= 4 is 43.5 Å². The number of carbonyl (C=O) groups is 2. The highest BCUT2D eigenvalue weighted by molar-refractivity contribution is 9.10. The minimum atomic E-state index is -4.19. The Kier molecular flexibility index (Phi) is 11.0. The number of aryl methyl sites for hydroxylation is 2. The van der Waals surface area contributed by atoms with Crippen molar-refractivity contribution in [1.82, 2.24) is 10.2 Å². The molecule has 0 bridgehead atoms. The minimum Gasteiger partial charge on any atom is -0.496 e. The molecule has 0 aliphatic rings. The van der Waals surface area contributed by atoms with Gasteiger partial charge in [0, 0.05) is 13.1 Å². The largest absolute Gasteiger partial charge is 0.496 e. The topological polar surface area (TPSA) is 96.0 Å². The van der Waals surface area contributed by atoms with Gasteiger partial charge in [-0.1, -0.05) is 61.4 Å². The molecule has 3 rings (SSSR count). The lowest BCUT2D eigenvalue weighted by atomic mass is 10.1. The Labute approximate surface area is 251 Å². The first kappa shape index (κ1) is 32.1. The molecule has 0 aliphatic heterocycles. The summed E-state index contributed by atoms with van der Waals surface area (Å²) in [4.78, 5) is 28.6. The predicted molar refractivity (Wildman–Crippen MR) is 165 cm³/mol. The van der Waals surface area contributed by atoms with Crippen molar-refractivity contribution in [2.75, 3.05) is 24.5 Å². The number of methoxy groups -OCH3 is 1. The van der Waals surface area contributed by atoms with E-state index in [4.69, 9.17) is 4.74 Å². The molecule has 1 atom stereocenters. The van der Waals surface area contributed by atoms with Crippen LogP contribution in [0.1, 0.15) is 37.5 Å². The number of rotatable bonds is 12. The highest BCUT2D eigenvalue weighted by atomic mass is 79.9. The number of nitrogens with zero attached hydrogens (tertiary/aromatic N) is 2. The zero-order valence-electron chi connectivity index (χ0n) is 24.3. The van der Waals surface area contributed by atoms with E-state index in [2.05, 4.69) is 21.2 Å². The van der Waals surface area contributed by atoms with Crippen molar-refractivity contribution in [3.63, 3.8) is 0 Å². The molecule has 0 aromatic heterocycles. The number of sulfonamides is 1. The Morgan fingerprint density at radius 1 is 0.951 bits per heavy atom. The van der Waals surface area contributed by atoms with Gasteiger partial charge in [0.15, 0.2) is 0 Å². The van der Waals surface area contributed by atoms with Gasteiger partial charge in [0.25, 0.3) is 10.0 Å². The van der Waals surface area contributed by atoms with E-state index in [1.54, 1.807) is 37.3 Å². The summed E-state index contributed by atoms with van der Waals surface area (Å²) in [5, 5.41) is 2.90. The molecule has 0 unspecified atom stereocenters. The molecule has 0 aliphatic carbocycles. The Morgan fingerprint density at radius 3 is 2.22 bits per heavy atom. The van der Waals surface area contributed by atoms with Crippen LogP contribution in [0.4, 0.5) is 5.69 Å². The maximum absolute atomic E-state index is 14.0. The van der Waals surface area contributed by atoms with Crippen LogP contribution in [-0.2, 0) is 26.2 Å². The van der Waals surface area contributed by atoms with E-state index < -0.39 is 28.5 Å². The van der Waals surface area contributed by atoms with Gasteiger partial charge < -0.3 is 15.0 Å². The molecule has 41 heavy (non-hydrogen) atoms. The number of benzene rings is 3. The third kappa shape index (κ3) is 8.33. The van der Waals surface area contributed by atoms with Gasteiger partial charge in [-0.2, -0.15) is 0 Å². The fourth-order valence-corrected chi connectivity index (χ4v) is 6.35. The fourth-order valence-electron chi connectivity index (χ4n) is 4.22. The third-order valence-electron chi connectivity index (χ3n) is 6.60. The van der Waals surface area contributed by atoms with Crippen molar-refractivity contribution in [2.24, 2.45) is 5.92 Å². The zero-order chi connectivity index (χ0) is 30.3. The molecule has 8 nitrogen and oxygen atoms in total. The maximum Gasteiger partial charge on any atom is 0.264 e. The molecule has 3 aromatic carbocycles. The number of nitrogens with one attached hydrogen (secondary N) is 1. The Hall–Kier alpha value is -3.37. The summed E-state index contributed by atoms with van der Waals surface area (Å²) in [6, 6.07) is 18.2. The van der Waals surface area contributed by atoms with Gasteiger partial charge in [-0.05, 0) is 78.5 Å². The number of hydrogen-bond donors (Lipinski definition) is 1. The Morgan fingerprint density at radius 2 is 1.63 bits per heavy atom. The molecule has 10 heteroatoms. The highest BCUT2D eigenvalue weighted by Gasteiger charge is 2.33. The predicted octanol–water partition coefficient (Wildman–Crippen LogP) is 5.46. The average Bonchev–Trinajstić information content (AvgIpc) is 2.93. The molecule has 0 spiro atoms. The van der Waals surface area contributed by atoms with E-state index in [0.29, 0.717) is 22.5 Å². The van der Waals surface area contributed by atoms with E-state index in [1.165, 1.54) is 24.1 Å². The number of anilines is 1. The van der Waals surface area contributed by atoms with E-state index in [9.17, 15) is 18.0 Å². The van der Waals surface area contributed by atoms with Crippen molar-refractivity contribution in [2.45, 2.75) is 52.1 Å². The van der Waals surface area contributed by atoms with Gasteiger partial charge in [-0.3, -0.25) is 13.9 Å². The van der Waals surface area contributed by atoms with Crippen LogP contribution in [0.15, 0.2) is 76.1 Å². The summed E-state index contributed by atoms with van der Waals surface area (Å²) in [5.74, 6) is -0.0931. The number of ether oxygens (including phenoxy) is 1. The lowest BCUT2D eigenvalue weighted by Crippen LogP contribution is -2.51. The maximum atomic E-state index is 14.0. The first-order chi connectivity index (χ1) is 19.3. The quantitative estimate of drug-likeness (QED) is 0.283. The molecule has 0 heterocycles. The third-order valence-corrected chi connectivity index (χ3v) is 8.99.